The maximum Gasteiger partial charge on any atom is 0.417 e. The minimum absolute atomic E-state index is 0.100. The van der Waals surface area contributed by atoms with Crippen LogP contribution in [0.5, 0.6) is 0 Å². The molecule has 0 bridgehead atoms. The van der Waals surface area contributed by atoms with E-state index >= 15 is 0 Å². The molecule has 0 spiro atoms. The highest BCUT2D eigenvalue weighted by Crippen LogP contribution is 2.29. The van der Waals surface area contributed by atoms with Gasteiger partial charge < -0.3 is 0 Å². The predicted molar refractivity (Wildman–Crippen MR) is 116 cm³/mol. The number of hydrogen-bond donors (Lipinski definition) is 0. The Bertz CT molecular complexity index is 1600. The average Bonchev–Trinajstić information content (AvgIpc) is 3.14. The molecule has 0 saturated carbocycles. The average molecular weight is 487 g/mol. The molecule has 34 heavy (non-hydrogen) atoms. The van der Waals surface area contributed by atoms with Gasteiger partial charge in [0.2, 0.25) is 0 Å². The summed E-state index contributed by atoms with van der Waals surface area (Å²) in [4.78, 5) is 16.7. The van der Waals surface area contributed by atoms with Gasteiger partial charge >= 0.3 is 11.9 Å². The number of sulfone groups is 1. The molecule has 0 aliphatic rings. The van der Waals surface area contributed by atoms with Gasteiger partial charge in [-0.15, -0.1) is 5.10 Å². The maximum atomic E-state index is 13.1. The van der Waals surface area contributed by atoms with Gasteiger partial charge in [0.1, 0.15) is 4.90 Å². The third-order valence-corrected chi connectivity index (χ3v) is 6.89. The highest BCUT2D eigenvalue weighted by molar-refractivity contribution is 7.91. The maximum absolute atomic E-state index is 13.1. The van der Waals surface area contributed by atoms with Crippen LogP contribution in [0.4, 0.5) is 13.2 Å². The van der Waals surface area contributed by atoms with E-state index in [2.05, 4.69) is 10.1 Å². The first-order valence-corrected chi connectivity index (χ1v) is 11.6. The van der Waals surface area contributed by atoms with Gasteiger partial charge in [-0.1, -0.05) is 31.2 Å². The number of halogens is 3. The fourth-order valence-corrected chi connectivity index (χ4v) is 4.36. The van der Waals surface area contributed by atoms with Crippen molar-refractivity contribution in [3.05, 3.63) is 76.5 Å². The molecule has 12 heteroatoms. The smallest absolute Gasteiger partial charge is 0.249 e. The number of fused-ring (bicyclic) bond motifs is 1. The molecule has 3 aromatic heterocycles. The van der Waals surface area contributed by atoms with Gasteiger partial charge in [0.25, 0.3) is 0 Å². The van der Waals surface area contributed by atoms with E-state index in [1.165, 1.54) is 19.2 Å². The second-order valence-electron chi connectivity index (χ2n) is 7.32. The molecule has 0 atom stereocenters. The van der Waals surface area contributed by atoms with Crippen LogP contribution >= 0.6 is 0 Å². The van der Waals surface area contributed by atoms with Crippen LogP contribution in [0, 0.1) is 11.3 Å². The van der Waals surface area contributed by atoms with Crippen LogP contribution in [0.25, 0.3) is 22.6 Å². The van der Waals surface area contributed by atoms with Gasteiger partial charge in [-0.3, -0.25) is 0 Å². The van der Waals surface area contributed by atoms with E-state index in [0.29, 0.717) is 26.4 Å². The van der Waals surface area contributed by atoms with E-state index in [1.807, 2.05) is 6.07 Å². The Morgan fingerprint density at radius 3 is 2.41 bits per heavy atom. The summed E-state index contributed by atoms with van der Waals surface area (Å²) in [5, 5.41) is 12.8. The highest BCUT2D eigenvalue weighted by atomic mass is 32.2. The van der Waals surface area contributed by atoms with E-state index in [9.17, 15) is 26.4 Å². The number of nitriles is 1. The first-order valence-electron chi connectivity index (χ1n) is 9.93. The number of benzene rings is 1. The molecule has 8 nitrogen and oxygen atoms in total. The zero-order chi connectivity index (χ0) is 24.7. The van der Waals surface area contributed by atoms with Crippen LogP contribution in [0.3, 0.4) is 0 Å². The third kappa shape index (κ3) is 4.17. The lowest BCUT2D eigenvalue weighted by Gasteiger charge is -2.10. The van der Waals surface area contributed by atoms with Crippen molar-refractivity contribution in [3.63, 3.8) is 0 Å². The number of nitrogens with zero attached hydrogens (tertiary/aromatic N) is 5. The molecule has 1 aromatic carbocycles. The molecule has 174 valence electrons. The zero-order valence-electron chi connectivity index (χ0n) is 17.6. The molecular weight excluding hydrogens is 471 g/mol. The SMILES string of the molecule is CCS(=O)(=O)c1cc(-c2ccc(CC#N)cc2)cnc1-n1nc2ccc(C(F)(F)F)cn2c1=O. The molecule has 0 amide bonds. The topological polar surface area (TPSA) is 110 Å². The van der Waals surface area contributed by atoms with E-state index in [1.54, 1.807) is 24.3 Å². The number of pyridine rings is 2. The van der Waals surface area contributed by atoms with Crippen molar-refractivity contribution in [3.8, 4) is 23.0 Å². The highest BCUT2D eigenvalue weighted by Gasteiger charge is 2.31. The Morgan fingerprint density at radius 2 is 1.79 bits per heavy atom. The minimum atomic E-state index is -4.67. The van der Waals surface area contributed by atoms with Crippen molar-refractivity contribution in [2.45, 2.75) is 24.4 Å². The summed E-state index contributed by atoms with van der Waals surface area (Å²) in [7, 11) is -3.90. The van der Waals surface area contributed by atoms with Gasteiger partial charge in [-0.25, -0.2) is 22.6 Å². The molecule has 3 heterocycles. The van der Waals surface area contributed by atoms with Crippen molar-refractivity contribution in [2.75, 3.05) is 5.75 Å². The summed E-state index contributed by atoms with van der Waals surface area (Å²) < 4.78 is 66.3. The number of aromatic nitrogens is 4. The van der Waals surface area contributed by atoms with Crippen LogP contribution in [-0.2, 0) is 22.4 Å². The molecule has 0 saturated heterocycles. The van der Waals surface area contributed by atoms with Crippen molar-refractivity contribution in [1.82, 2.24) is 19.2 Å². The third-order valence-electron chi connectivity index (χ3n) is 5.16. The van der Waals surface area contributed by atoms with Gasteiger partial charge in [-0.05, 0) is 29.3 Å². The molecule has 4 rings (SSSR count). The van der Waals surface area contributed by atoms with Gasteiger partial charge in [-0.2, -0.15) is 23.1 Å². The lowest BCUT2D eigenvalue weighted by Crippen LogP contribution is -2.23. The summed E-state index contributed by atoms with van der Waals surface area (Å²) in [6.45, 7) is 1.42. The Kier molecular flexibility index (Phi) is 5.74. The van der Waals surface area contributed by atoms with E-state index in [0.717, 1.165) is 17.7 Å². The molecule has 0 aliphatic heterocycles. The Balaban J connectivity index is 1.90. The van der Waals surface area contributed by atoms with Gasteiger partial charge in [0.05, 0.1) is 23.8 Å². The fourth-order valence-electron chi connectivity index (χ4n) is 3.33. The molecule has 0 fully saturated rings. The van der Waals surface area contributed by atoms with Gasteiger partial charge in [0.15, 0.2) is 21.3 Å². The van der Waals surface area contributed by atoms with E-state index < -0.39 is 27.3 Å². The Hall–Kier alpha value is -3.98. The van der Waals surface area contributed by atoms with Crippen molar-refractivity contribution >= 4 is 15.5 Å². The van der Waals surface area contributed by atoms with Crippen molar-refractivity contribution in [2.24, 2.45) is 0 Å². The second kappa shape index (κ2) is 8.42. The Labute approximate surface area is 191 Å². The first-order chi connectivity index (χ1) is 16.0. The molecule has 4 aromatic rings. The molecule has 0 aliphatic carbocycles. The quantitative estimate of drug-likeness (QED) is 0.427. The fraction of sp³-hybridized carbons (Fsp3) is 0.182. The Morgan fingerprint density at radius 1 is 1.09 bits per heavy atom. The number of hydrogen-bond acceptors (Lipinski definition) is 6. The van der Waals surface area contributed by atoms with E-state index in [4.69, 9.17) is 5.26 Å². The molecule has 0 N–H and O–H groups in total. The normalized spacial score (nSPS) is 12.1. The lowest BCUT2D eigenvalue weighted by molar-refractivity contribution is -0.137. The largest absolute Gasteiger partial charge is 0.417 e. The van der Waals surface area contributed by atoms with Crippen LogP contribution < -0.4 is 5.69 Å². The molecular formula is C22H16F3N5O3S. The van der Waals surface area contributed by atoms with E-state index in [-0.39, 0.29) is 28.5 Å². The number of alkyl halides is 3. The van der Waals surface area contributed by atoms with Crippen LogP contribution in [0.2, 0.25) is 0 Å². The van der Waals surface area contributed by atoms with Crippen LogP contribution in [0.15, 0.2) is 64.5 Å². The van der Waals surface area contributed by atoms with Gasteiger partial charge in [0, 0.05) is 18.0 Å². The summed E-state index contributed by atoms with van der Waals surface area (Å²) in [6, 6.07) is 12.1. The predicted octanol–water partition coefficient (Wildman–Crippen LogP) is 3.43. The molecule has 0 unspecified atom stereocenters. The standard InChI is InChI=1S/C22H16F3N5O3S/c1-2-34(32,33)18-11-16(15-5-3-14(4-6-15)9-10-26)12-27-20(18)30-21(31)29-13-17(22(23,24)25)7-8-19(29)28-30/h3-8,11-13H,2,9H2,1H3. The minimum Gasteiger partial charge on any atom is -0.249 e. The lowest BCUT2D eigenvalue weighted by atomic mass is 10.0. The summed E-state index contributed by atoms with van der Waals surface area (Å²) in [5.74, 6) is -0.610. The van der Waals surface area contributed by atoms with Crippen molar-refractivity contribution < 1.29 is 21.6 Å². The monoisotopic (exact) mass is 487 g/mol. The van der Waals surface area contributed by atoms with Crippen LogP contribution in [-0.4, -0.2) is 33.3 Å². The summed E-state index contributed by atoms with van der Waals surface area (Å²) >= 11 is 0. The molecule has 0 radical (unpaired) electrons. The zero-order valence-corrected chi connectivity index (χ0v) is 18.4. The summed E-state index contributed by atoms with van der Waals surface area (Å²) in [6.07, 6.45) is -2.50. The number of rotatable bonds is 5. The van der Waals surface area contributed by atoms with Crippen LogP contribution in [0.1, 0.15) is 18.1 Å². The summed E-state index contributed by atoms with van der Waals surface area (Å²) in [5.41, 5.74) is -0.287. The van der Waals surface area contributed by atoms with Crippen molar-refractivity contribution in [1.29, 1.82) is 5.26 Å². The first kappa shape index (κ1) is 23.2. The second-order valence-corrected chi connectivity index (χ2v) is 9.57.